The third-order valence-corrected chi connectivity index (χ3v) is 4.48. The van der Waals surface area contributed by atoms with E-state index in [-0.39, 0.29) is 5.69 Å². The van der Waals surface area contributed by atoms with Crippen molar-refractivity contribution in [3.8, 4) is 5.75 Å². The number of hydrogen-bond donors (Lipinski definition) is 1. The second-order valence-electron chi connectivity index (χ2n) is 5.76. The van der Waals surface area contributed by atoms with Crippen LogP contribution in [0.4, 0.5) is 0 Å². The van der Waals surface area contributed by atoms with Gasteiger partial charge in [0.05, 0.1) is 11.6 Å². The summed E-state index contributed by atoms with van der Waals surface area (Å²) in [5, 5.41) is 10.2. The molecule has 0 bridgehead atoms. The minimum Gasteiger partial charge on any atom is -0.491 e. The van der Waals surface area contributed by atoms with Crippen molar-refractivity contribution >= 4 is 28.5 Å². The maximum Gasteiger partial charge on any atom is 0.354 e. The highest BCUT2D eigenvalue weighted by atomic mass is 35.5. The van der Waals surface area contributed by atoms with Crippen LogP contribution in [0.25, 0.3) is 10.9 Å². The van der Waals surface area contributed by atoms with Crippen molar-refractivity contribution < 1.29 is 14.6 Å². The fourth-order valence-corrected chi connectivity index (χ4v) is 3.22. The van der Waals surface area contributed by atoms with Crippen molar-refractivity contribution in [3.63, 3.8) is 0 Å². The van der Waals surface area contributed by atoms with Gasteiger partial charge in [-0.2, -0.15) is 0 Å². The van der Waals surface area contributed by atoms with E-state index in [1.165, 1.54) is 38.2 Å². The van der Waals surface area contributed by atoms with Crippen molar-refractivity contribution in [2.45, 2.75) is 32.1 Å². The van der Waals surface area contributed by atoms with Gasteiger partial charge in [0.25, 0.3) is 0 Å². The first-order valence-corrected chi connectivity index (χ1v) is 7.98. The van der Waals surface area contributed by atoms with E-state index in [9.17, 15) is 4.79 Å². The molecule has 0 spiro atoms. The molecular weight excluding hydrogens is 302 g/mol. The minimum atomic E-state index is -1.09. The summed E-state index contributed by atoms with van der Waals surface area (Å²) in [6, 6.07) is 6.87. The highest BCUT2D eigenvalue weighted by Gasteiger charge is 2.16. The fourth-order valence-electron chi connectivity index (χ4n) is 2.97. The zero-order valence-electron chi connectivity index (χ0n) is 12.2. The smallest absolute Gasteiger partial charge is 0.354 e. The average Bonchev–Trinajstić information content (AvgIpc) is 2.54. The Labute approximate surface area is 134 Å². The average molecular weight is 320 g/mol. The lowest BCUT2D eigenvalue weighted by molar-refractivity contribution is 0.0691. The zero-order valence-corrected chi connectivity index (χ0v) is 13.0. The molecule has 1 fully saturated rings. The van der Waals surface area contributed by atoms with Gasteiger partial charge in [-0.3, -0.25) is 0 Å². The Balaban J connectivity index is 1.89. The van der Waals surface area contributed by atoms with Gasteiger partial charge in [-0.15, -0.1) is 0 Å². The highest BCUT2D eigenvalue weighted by molar-refractivity contribution is 6.35. The van der Waals surface area contributed by atoms with Gasteiger partial charge in [-0.25, -0.2) is 9.78 Å². The SMILES string of the molecule is O=C(O)c1cc(Cl)c2cccc(OCC3CCCCC3)c2n1. The lowest BCUT2D eigenvalue weighted by Gasteiger charge is -2.22. The first-order valence-electron chi connectivity index (χ1n) is 7.60. The molecule has 1 aromatic heterocycles. The van der Waals surface area contributed by atoms with E-state index in [2.05, 4.69) is 4.98 Å². The number of carboxylic acid groups (broad SMARTS) is 1. The predicted octanol–water partition coefficient (Wildman–Crippen LogP) is 4.55. The molecule has 3 rings (SSSR count). The number of pyridine rings is 1. The van der Waals surface area contributed by atoms with Crippen molar-refractivity contribution in [2.24, 2.45) is 5.92 Å². The first kappa shape index (κ1) is 15.1. The van der Waals surface area contributed by atoms with E-state index in [0.717, 1.165) is 0 Å². The van der Waals surface area contributed by atoms with Gasteiger partial charge in [0.2, 0.25) is 0 Å². The van der Waals surface area contributed by atoms with Gasteiger partial charge in [0, 0.05) is 5.39 Å². The number of rotatable bonds is 4. The fraction of sp³-hybridized carbons (Fsp3) is 0.412. The summed E-state index contributed by atoms with van der Waals surface area (Å²) in [6.45, 7) is 0.649. The first-order chi connectivity index (χ1) is 10.6. The van der Waals surface area contributed by atoms with Crippen molar-refractivity contribution in [1.29, 1.82) is 0 Å². The Kier molecular flexibility index (Phi) is 4.48. The van der Waals surface area contributed by atoms with Crippen LogP contribution in [0.3, 0.4) is 0 Å². The van der Waals surface area contributed by atoms with Gasteiger partial charge in [-0.1, -0.05) is 43.0 Å². The van der Waals surface area contributed by atoms with Crippen LogP contribution in [0.1, 0.15) is 42.6 Å². The quantitative estimate of drug-likeness (QED) is 0.898. The van der Waals surface area contributed by atoms with Gasteiger partial charge in [0.15, 0.2) is 5.69 Å². The van der Waals surface area contributed by atoms with Crippen LogP contribution in [0.5, 0.6) is 5.75 Å². The molecular formula is C17H18ClNO3. The molecule has 116 valence electrons. The number of nitrogens with zero attached hydrogens (tertiary/aromatic N) is 1. The minimum absolute atomic E-state index is 0.0637. The number of carboxylic acids is 1. The summed E-state index contributed by atoms with van der Waals surface area (Å²) in [7, 11) is 0. The second kappa shape index (κ2) is 6.53. The number of fused-ring (bicyclic) bond motifs is 1. The summed E-state index contributed by atoms with van der Waals surface area (Å²) in [4.78, 5) is 15.3. The second-order valence-corrected chi connectivity index (χ2v) is 6.17. The summed E-state index contributed by atoms with van der Waals surface area (Å²) >= 11 is 6.17. The molecule has 1 aromatic carbocycles. The summed E-state index contributed by atoms with van der Waals surface area (Å²) in [5.74, 6) is 0.0843. The van der Waals surface area contributed by atoms with Crippen molar-refractivity contribution in [3.05, 3.63) is 35.0 Å². The van der Waals surface area contributed by atoms with Crippen LogP contribution in [0.15, 0.2) is 24.3 Å². The Bertz CT molecular complexity index is 696. The van der Waals surface area contributed by atoms with E-state index >= 15 is 0 Å². The molecule has 0 amide bonds. The molecule has 0 radical (unpaired) electrons. The molecule has 0 saturated heterocycles. The standard InChI is InChI=1S/C17H18ClNO3/c18-13-9-14(17(20)21)19-16-12(13)7-4-8-15(16)22-10-11-5-2-1-3-6-11/h4,7-9,11H,1-3,5-6,10H2,(H,20,21). The van der Waals surface area contributed by atoms with Crippen LogP contribution in [0, 0.1) is 5.92 Å². The third-order valence-electron chi connectivity index (χ3n) is 4.17. The van der Waals surface area contributed by atoms with Gasteiger partial charge >= 0.3 is 5.97 Å². The zero-order chi connectivity index (χ0) is 15.5. The molecule has 1 saturated carbocycles. The number of carbonyl (C=O) groups is 1. The van der Waals surface area contributed by atoms with E-state index in [1.807, 2.05) is 18.2 Å². The number of halogens is 1. The molecule has 5 heteroatoms. The van der Waals surface area contributed by atoms with Crippen molar-refractivity contribution in [1.82, 2.24) is 4.98 Å². The number of aromatic carboxylic acids is 1. The molecule has 2 aromatic rings. The highest BCUT2D eigenvalue weighted by Crippen LogP contribution is 2.31. The molecule has 22 heavy (non-hydrogen) atoms. The molecule has 0 unspecified atom stereocenters. The topological polar surface area (TPSA) is 59.4 Å². The molecule has 1 aliphatic rings. The Morgan fingerprint density at radius 2 is 2.09 bits per heavy atom. The van der Waals surface area contributed by atoms with Crippen LogP contribution >= 0.6 is 11.6 Å². The normalized spacial score (nSPS) is 15.9. The molecule has 1 aliphatic carbocycles. The monoisotopic (exact) mass is 319 g/mol. The summed E-state index contributed by atoms with van der Waals surface area (Å²) in [5.41, 5.74) is 0.453. The Morgan fingerprint density at radius 3 is 2.82 bits per heavy atom. The van der Waals surface area contributed by atoms with Gasteiger partial charge in [0.1, 0.15) is 11.3 Å². The van der Waals surface area contributed by atoms with E-state index in [0.29, 0.717) is 34.2 Å². The van der Waals surface area contributed by atoms with Crippen molar-refractivity contribution in [2.75, 3.05) is 6.61 Å². The predicted molar refractivity (Wildman–Crippen MR) is 85.8 cm³/mol. The molecule has 0 aliphatic heterocycles. The number of ether oxygens (including phenoxy) is 1. The number of hydrogen-bond acceptors (Lipinski definition) is 3. The van der Waals surface area contributed by atoms with E-state index < -0.39 is 5.97 Å². The third kappa shape index (κ3) is 3.17. The maximum absolute atomic E-state index is 11.2. The van der Waals surface area contributed by atoms with Gasteiger partial charge < -0.3 is 9.84 Å². The van der Waals surface area contributed by atoms with Crippen LogP contribution in [-0.4, -0.2) is 22.7 Å². The Morgan fingerprint density at radius 1 is 1.32 bits per heavy atom. The van der Waals surface area contributed by atoms with Crippen LogP contribution in [0.2, 0.25) is 5.02 Å². The maximum atomic E-state index is 11.2. The largest absolute Gasteiger partial charge is 0.491 e. The summed E-state index contributed by atoms with van der Waals surface area (Å²) in [6.07, 6.45) is 6.22. The van der Waals surface area contributed by atoms with E-state index in [4.69, 9.17) is 21.4 Å². The van der Waals surface area contributed by atoms with E-state index in [1.54, 1.807) is 0 Å². The lowest BCUT2D eigenvalue weighted by atomic mass is 9.90. The molecule has 0 atom stereocenters. The lowest BCUT2D eigenvalue weighted by Crippen LogP contribution is -2.15. The van der Waals surface area contributed by atoms with Gasteiger partial charge in [-0.05, 0) is 30.9 Å². The van der Waals surface area contributed by atoms with Crippen LogP contribution in [-0.2, 0) is 0 Å². The molecule has 1 heterocycles. The summed E-state index contributed by atoms with van der Waals surface area (Å²) < 4.78 is 5.93. The van der Waals surface area contributed by atoms with Crippen LogP contribution < -0.4 is 4.74 Å². The molecule has 1 N–H and O–H groups in total. The Hall–Kier alpha value is -1.81. The molecule has 4 nitrogen and oxygen atoms in total. The number of para-hydroxylation sites is 1. The number of benzene rings is 1. The number of aromatic nitrogens is 1.